The van der Waals surface area contributed by atoms with Crippen LogP contribution in [0.3, 0.4) is 0 Å². The molecule has 0 saturated heterocycles. The zero-order valence-corrected chi connectivity index (χ0v) is 22.0. The molecule has 0 radical (unpaired) electrons. The van der Waals surface area contributed by atoms with E-state index in [4.69, 9.17) is 37.4 Å². The first kappa shape index (κ1) is 27.7. The average Bonchev–Trinajstić information content (AvgIpc) is 3.32. The van der Waals surface area contributed by atoms with E-state index >= 15 is 0 Å². The topological polar surface area (TPSA) is 112 Å². The number of halogens is 2. The van der Waals surface area contributed by atoms with Crippen molar-refractivity contribution in [3.05, 3.63) is 75.1 Å². The number of ether oxygens (including phenoxy) is 3. The number of aliphatic hydroxyl groups is 1. The van der Waals surface area contributed by atoms with Gasteiger partial charge in [-0.05, 0) is 32.4 Å². The van der Waals surface area contributed by atoms with Crippen LogP contribution in [-0.4, -0.2) is 59.1 Å². The Bertz CT molecular complexity index is 1170. The van der Waals surface area contributed by atoms with E-state index in [1.54, 1.807) is 62.3 Å². The molecule has 0 spiro atoms. The van der Waals surface area contributed by atoms with E-state index in [1.165, 1.54) is 7.11 Å². The fraction of sp³-hybridized carbons (Fsp3) is 0.400. The summed E-state index contributed by atoms with van der Waals surface area (Å²) in [5.74, 6) is -2.20. The number of carbonyl (C=O) groups excluding carboxylic acids is 2. The van der Waals surface area contributed by atoms with Gasteiger partial charge in [-0.3, -0.25) is 0 Å². The van der Waals surface area contributed by atoms with Gasteiger partial charge in [-0.25, -0.2) is 14.6 Å². The maximum atomic E-state index is 13.2. The summed E-state index contributed by atoms with van der Waals surface area (Å²) in [5.41, 5.74) is 0.398. The first-order valence-corrected chi connectivity index (χ1v) is 12.0. The van der Waals surface area contributed by atoms with Crippen molar-refractivity contribution in [1.82, 2.24) is 14.9 Å². The van der Waals surface area contributed by atoms with Crippen LogP contribution >= 0.6 is 23.2 Å². The Kier molecular flexibility index (Phi) is 9.19. The van der Waals surface area contributed by atoms with E-state index in [2.05, 4.69) is 10.3 Å². The number of esters is 2. The number of aromatic nitrogens is 2. The summed E-state index contributed by atoms with van der Waals surface area (Å²) < 4.78 is 17.9. The number of nitrogens with one attached hydrogen (secondary N) is 1. The van der Waals surface area contributed by atoms with E-state index in [9.17, 15) is 14.7 Å². The molecule has 2 unspecified atom stereocenters. The second-order valence-corrected chi connectivity index (χ2v) is 9.35. The van der Waals surface area contributed by atoms with Crippen molar-refractivity contribution in [2.45, 2.75) is 38.8 Å². The molecule has 3 rings (SSSR count). The van der Waals surface area contributed by atoms with Crippen LogP contribution in [0, 0.1) is 0 Å². The number of dihydropyridines is 1. The molecule has 2 atom stereocenters. The van der Waals surface area contributed by atoms with Gasteiger partial charge >= 0.3 is 11.9 Å². The Morgan fingerprint density at radius 3 is 2.64 bits per heavy atom. The molecule has 11 heteroatoms. The molecule has 2 heterocycles. The Morgan fingerprint density at radius 1 is 1.25 bits per heavy atom. The molecule has 1 aromatic heterocycles. The third-order valence-electron chi connectivity index (χ3n) is 5.58. The van der Waals surface area contributed by atoms with E-state index in [0.717, 1.165) is 0 Å². The van der Waals surface area contributed by atoms with Gasteiger partial charge < -0.3 is 29.2 Å². The Morgan fingerprint density at radius 2 is 2.00 bits per heavy atom. The quantitative estimate of drug-likeness (QED) is 0.442. The van der Waals surface area contributed by atoms with Gasteiger partial charge in [-0.1, -0.05) is 35.3 Å². The van der Waals surface area contributed by atoms with Gasteiger partial charge in [0.25, 0.3) is 0 Å². The van der Waals surface area contributed by atoms with Crippen molar-refractivity contribution in [2.75, 3.05) is 26.9 Å². The molecule has 2 N–H and O–H groups in total. The van der Waals surface area contributed by atoms with E-state index in [-0.39, 0.29) is 47.6 Å². The largest absolute Gasteiger partial charge is 0.466 e. The summed E-state index contributed by atoms with van der Waals surface area (Å²) in [5, 5.41) is 14.3. The summed E-state index contributed by atoms with van der Waals surface area (Å²) in [6, 6.07) is 4.99. The van der Waals surface area contributed by atoms with Gasteiger partial charge in [0.1, 0.15) is 5.60 Å². The Hall–Kier alpha value is -2.85. The molecule has 0 bridgehead atoms. The van der Waals surface area contributed by atoms with Crippen LogP contribution in [0.2, 0.25) is 10.0 Å². The van der Waals surface area contributed by atoms with Crippen molar-refractivity contribution in [3.8, 4) is 0 Å². The number of carbonyl (C=O) groups is 2. The van der Waals surface area contributed by atoms with Gasteiger partial charge in [0, 0.05) is 18.1 Å². The van der Waals surface area contributed by atoms with Gasteiger partial charge in [0.15, 0.2) is 0 Å². The molecule has 1 aliphatic heterocycles. The van der Waals surface area contributed by atoms with E-state index < -0.39 is 23.5 Å². The number of rotatable bonds is 10. The van der Waals surface area contributed by atoms with Gasteiger partial charge in [0.05, 0.1) is 72.6 Å². The lowest BCUT2D eigenvalue weighted by molar-refractivity contribution is -0.139. The molecule has 0 amide bonds. The van der Waals surface area contributed by atoms with Crippen molar-refractivity contribution in [2.24, 2.45) is 0 Å². The monoisotopic (exact) mass is 537 g/mol. The number of methoxy groups -OCH3 is 1. The molecule has 1 aromatic carbocycles. The molecule has 0 aliphatic carbocycles. The van der Waals surface area contributed by atoms with E-state index in [1.807, 2.05) is 0 Å². The summed E-state index contributed by atoms with van der Waals surface area (Å²) >= 11 is 12.8. The minimum absolute atomic E-state index is 0.0400. The lowest BCUT2D eigenvalue weighted by Gasteiger charge is -2.32. The number of allylic oxidation sites excluding steroid dienone is 1. The zero-order chi connectivity index (χ0) is 26.5. The van der Waals surface area contributed by atoms with Gasteiger partial charge in [-0.2, -0.15) is 0 Å². The minimum Gasteiger partial charge on any atom is -0.466 e. The number of imidazole rings is 1. The van der Waals surface area contributed by atoms with Gasteiger partial charge in [0.2, 0.25) is 0 Å². The maximum Gasteiger partial charge on any atom is 0.336 e. The second kappa shape index (κ2) is 11.9. The predicted octanol–water partition coefficient (Wildman–Crippen LogP) is 3.61. The highest BCUT2D eigenvalue weighted by Crippen LogP contribution is 2.43. The SMILES string of the molecule is CCOC(=O)C1=C(COCC(C)(O)Cn2ccnc2)NC(C)=C(C(=O)OC)C1c1cccc(Cl)c1Cl. The lowest BCUT2D eigenvalue weighted by atomic mass is 9.80. The van der Waals surface area contributed by atoms with Crippen molar-refractivity contribution in [3.63, 3.8) is 0 Å². The fourth-order valence-electron chi connectivity index (χ4n) is 4.09. The highest BCUT2D eigenvalue weighted by molar-refractivity contribution is 6.42. The van der Waals surface area contributed by atoms with Crippen LogP contribution in [0.4, 0.5) is 0 Å². The second-order valence-electron chi connectivity index (χ2n) is 8.57. The molecule has 36 heavy (non-hydrogen) atoms. The van der Waals surface area contributed by atoms with Crippen LogP contribution in [0.15, 0.2) is 59.5 Å². The lowest BCUT2D eigenvalue weighted by Crippen LogP contribution is -2.38. The Balaban J connectivity index is 2.01. The van der Waals surface area contributed by atoms with Crippen LogP contribution < -0.4 is 5.32 Å². The molecule has 2 aromatic rings. The smallest absolute Gasteiger partial charge is 0.336 e. The normalized spacial score (nSPS) is 17.5. The maximum absolute atomic E-state index is 13.2. The predicted molar refractivity (Wildman–Crippen MR) is 134 cm³/mol. The molecule has 0 fully saturated rings. The first-order chi connectivity index (χ1) is 17.1. The highest BCUT2D eigenvalue weighted by Gasteiger charge is 2.40. The van der Waals surface area contributed by atoms with Crippen molar-refractivity contribution in [1.29, 1.82) is 0 Å². The van der Waals surface area contributed by atoms with Crippen molar-refractivity contribution < 1.29 is 28.9 Å². The summed E-state index contributed by atoms with van der Waals surface area (Å²) in [6.07, 6.45) is 4.95. The molecule has 194 valence electrons. The number of benzene rings is 1. The third kappa shape index (κ3) is 6.28. The fourth-order valence-corrected chi connectivity index (χ4v) is 4.50. The molecule has 0 saturated carbocycles. The van der Waals surface area contributed by atoms with Crippen LogP contribution in [0.1, 0.15) is 32.3 Å². The summed E-state index contributed by atoms with van der Waals surface area (Å²) in [4.78, 5) is 30.1. The van der Waals surface area contributed by atoms with Crippen LogP contribution in [0.25, 0.3) is 0 Å². The summed E-state index contributed by atoms with van der Waals surface area (Å²) in [7, 11) is 1.26. The first-order valence-electron chi connectivity index (χ1n) is 11.3. The standard InChI is InChI=1S/C25H29Cl2N3O6/c1-5-36-24(32)21-18(11-35-13-25(3,33)12-30-10-9-28-14-30)29-15(2)19(23(31)34-4)20(21)16-7-6-8-17(26)22(16)27/h6-10,14,20,29,33H,5,11-13H2,1-4H3. The summed E-state index contributed by atoms with van der Waals surface area (Å²) in [6.45, 7) is 5.27. The van der Waals surface area contributed by atoms with E-state index in [0.29, 0.717) is 17.0 Å². The number of hydrogen-bond donors (Lipinski definition) is 2. The van der Waals surface area contributed by atoms with Gasteiger partial charge in [-0.15, -0.1) is 0 Å². The van der Waals surface area contributed by atoms with Crippen LogP contribution in [0.5, 0.6) is 0 Å². The van der Waals surface area contributed by atoms with Crippen LogP contribution in [-0.2, 0) is 30.3 Å². The molecule has 1 aliphatic rings. The third-order valence-corrected chi connectivity index (χ3v) is 6.41. The number of hydrogen-bond acceptors (Lipinski definition) is 8. The zero-order valence-electron chi connectivity index (χ0n) is 20.5. The highest BCUT2D eigenvalue weighted by atomic mass is 35.5. The average molecular weight is 538 g/mol. The molecular weight excluding hydrogens is 509 g/mol. The van der Waals surface area contributed by atoms with Crippen molar-refractivity contribution >= 4 is 35.1 Å². The number of nitrogens with zero attached hydrogens (tertiary/aromatic N) is 2. The Labute approximate surface area is 219 Å². The molecular formula is C25H29Cl2N3O6. The minimum atomic E-state index is -1.21. The molecule has 9 nitrogen and oxygen atoms in total.